The summed E-state index contributed by atoms with van der Waals surface area (Å²) >= 11 is 0. The number of aromatic nitrogens is 8. The van der Waals surface area contributed by atoms with E-state index in [2.05, 4.69) is 146 Å². The van der Waals surface area contributed by atoms with Gasteiger partial charge in [0.05, 0.1) is 95.1 Å². The number of hydrogen-bond acceptors (Lipinski definition) is 12. The molecule has 8 aromatic heterocycles. The minimum absolute atomic E-state index is 0.655. The van der Waals surface area contributed by atoms with Crippen molar-refractivity contribution in [1.29, 1.82) is 0 Å². The lowest BCUT2D eigenvalue weighted by atomic mass is 9.64. The van der Waals surface area contributed by atoms with Crippen LogP contribution >= 0.6 is 0 Å². The van der Waals surface area contributed by atoms with Gasteiger partial charge in [0.25, 0.3) is 0 Å². The summed E-state index contributed by atoms with van der Waals surface area (Å²) in [5.74, 6) is 0. The minimum atomic E-state index is -0.885. The molecule has 12 heteroatoms. The van der Waals surface area contributed by atoms with E-state index in [1.807, 2.05) is 98.1 Å². The first kappa shape index (κ1) is 51.6. The molecule has 0 spiro atoms. The number of benzene rings is 8. The molecular weight excluding hydrogens is 1140 g/mol. The summed E-state index contributed by atoms with van der Waals surface area (Å²) in [6, 6.07) is 69.6. The average molecular weight is 1190 g/mol. The first-order valence-electron chi connectivity index (χ1n) is 31.4. The summed E-state index contributed by atoms with van der Waals surface area (Å²) in [6.07, 6.45) is 17.5. The predicted molar refractivity (Wildman–Crippen MR) is 373 cm³/mol. The molecule has 12 heterocycles. The highest BCUT2D eigenvalue weighted by molar-refractivity contribution is 6.22. The quantitative estimate of drug-likeness (QED) is 0.108. The molecule has 4 aliphatic heterocycles. The van der Waals surface area contributed by atoms with E-state index in [1.54, 1.807) is 0 Å². The van der Waals surface area contributed by atoms with Crippen LogP contribution in [-0.4, -0.2) is 62.7 Å². The normalized spacial score (nSPS) is 14.1. The molecule has 0 atom stereocenters. The Morgan fingerprint density at radius 2 is 0.398 bits per heavy atom. The predicted octanol–water partition coefficient (Wildman–Crippen LogP) is 17.2. The molecule has 0 unspecified atom stereocenters. The Bertz CT molecular complexity index is 5340. The van der Waals surface area contributed by atoms with Crippen LogP contribution in [0.3, 0.4) is 0 Å². The van der Waals surface area contributed by atoms with E-state index >= 15 is 0 Å². The van der Waals surface area contributed by atoms with Gasteiger partial charge in [-0.3, -0.25) is 39.9 Å². The van der Waals surface area contributed by atoms with E-state index in [0.29, 0.717) is 25.7 Å². The molecule has 20 rings (SSSR count). The zero-order valence-corrected chi connectivity index (χ0v) is 49.8. The van der Waals surface area contributed by atoms with Crippen LogP contribution in [0, 0.1) is 0 Å². The first-order chi connectivity index (χ1) is 46.1. The van der Waals surface area contributed by atoms with Gasteiger partial charge in [-0.05, 0) is 140 Å². The lowest BCUT2D eigenvalue weighted by molar-refractivity contribution is 0.744. The van der Waals surface area contributed by atoms with E-state index < -0.39 is 5.41 Å². The Kier molecular flexibility index (Phi) is 11.0. The molecule has 0 saturated carbocycles. The number of fused-ring (bicyclic) bond motifs is 24. The fourth-order valence-corrected chi connectivity index (χ4v) is 15.6. The van der Waals surface area contributed by atoms with Gasteiger partial charge in [0, 0.05) is 118 Å². The highest BCUT2D eigenvalue weighted by Gasteiger charge is 2.40. The molecule has 0 aliphatic carbocycles. The van der Waals surface area contributed by atoms with Crippen molar-refractivity contribution < 1.29 is 0 Å². The van der Waals surface area contributed by atoms with Crippen molar-refractivity contribution in [1.82, 2.24) is 39.9 Å². The first-order valence-corrected chi connectivity index (χ1v) is 31.4. The maximum Gasteiger partial charge on any atom is 0.0983 e. The Balaban J connectivity index is 0.759. The summed E-state index contributed by atoms with van der Waals surface area (Å²) in [6.45, 7) is 0. The second-order valence-corrected chi connectivity index (χ2v) is 24.5. The second-order valence-electron chi connectivity index (χ2n) is 24.5. The van der Waals surface area contributed by atoms with E-state index in [1.165, 1.54) is 0 Å². The van der Waals surface area contributed by atoms with Crippen LogP contribution < -0.4 is 0 Å². The standard InChI is InChI=1S/C81H48N12/c1-9-53-61-41-65(90-77(61)73-57(13-5-37-86-73)69(53)82-33-1)45-17-25-49(26-18-45)81(50-27-19-46(20-28-50)66-42-62-54-10-2-34-83-70(54)58-14-6-38-87-74(58)78(62)91-66,51-29-21-47(22-30-51)67-43-63-55-11-3-35-84-71(55)59-15-7-39-88-75(59)79(63)92-67)52-31-23-48(24-32-52)68-44-64-56-12-4-36-85-72(56)60-16-8-40-89-76(60)80(64)93-68/h1-40H,41-44H2. The van der Waals surface area contributed by atoms with Crippen LogP contribution in [0.1, 0.15) is 66.8 Å². The molecule has 0 bridgehead atoms. The van der Waals surface area contributed by atoms with Crippen molar-refractivity contribution in [3.63, 3.8) is 0 Å². The maximum atomic E-state index is 5.42. The monoisotopic (exact) mass is 1190 g/mol. The fourth-order valence-electron chi connectivity index (χ4n) is 15.6. The summed E-state index contributed by atoms with van der Waals surface area (Å²) in [5.41, 5.74) is 27.1. The highest BCUT2D eigenvalue weighted by atomic mass is 14.9. The van der Waals surface area contributed by atoms with E-state index in [-0.39, 0.29) is 0 Å². The van der Waals surface area contributed by atoms with Gasteiger partial charge in [0.15, 0.2) is 0 Å². The summed E-state index contributed by atoms with van der Waals surface area (Å²) in [7, 11) is 0. The van der Waals surface area contributed by atoms with Gasteiger partial charge >= 0.3 is 0 Å². The number of rotatable bonds is 8. The van der Waals surface area contributed by atoms with Crippen LogP contribution in [0.25, 0.3) is 87.2 Å². The molecular formula is C81H48N12. The Morgan fingerprint density at radius 1 is 0.204 bits per heavy atom. The number of hydrogen-bond donors (Lipinski definition) is 0. The highest BCUT2D eigenvalue weighted by Crippen LogP contribution is 2.50. The smallest absolute Gasteiger partial charge is 0.0983 e. The van der Waals surface area contributed by atoms with Crippen LogP contribution in [0.2, 0.25) is 0 Å². The van der Waals surface area contributed by atoms with Gasteiger partial charge in [-0.15, -0.1) is 0 Å². The van der Waals surface area contributed by atoms with Crippen molar-refractivity contribution in [3.8, 4) is 0 Å². The topological polar surface area (TPSA) is 153 Å². The molecule has 4 aliphatic rings. The molecule has 0 fully saturated rings. The van der Waals surface area contributed by atoms with E-state index in [4.69, 9.17) is 59.8 Å². The van der Waals surface area contributed by atoms with Crippen molar-refractivity contribution in [2.75, 3.05) is 0 Å². The Morgan fingerprint density at radius 3 is 0.613 bits per heavy atom. The molecule has 8 aromatic carbocycles. The third kappa shape index (κ3) is 7.60. The van der Waals surface area contributed by atoms with Gasteiger partial charge in [0.2, 0.25) is 0 Å². The molecule has 16 aromatic rings. The average Bonchev–Trinajstić information content (AvgIpc) is 1.77. The van der Waals surface area contributed by atoms with Gasteiger partial charge in [-0.25, -0.2) is 20.0 Å². The van der Waals surface area contributed by atoms with Crippen LogP contribution in [0.5, 0.6) is 0 Å². The van der Waals surface area contributed by atoms with Gasteiger partial charge in [-0.2, -0.15) is 0 Å². The Hall–Kier alpha value is -12.3. The molecule has 0 N–H and O–H groups in total. The lowest BCUT2D eigenvalue weighted by Crippen LogP contribution is -2.31. The van der Waals surface area contributed by atoms with Crippen molar-refractivity contribution >= 4 is 133 Å². The number of aliphatic imine (C=N–C) groups is 4. The SMILES string of the molecule is c1cnc2c(c1)c1c(c3ncccc32)N=C(c2ccc(C(c3ccc(C4=Nc5c(c6cccnc6c6cccnc56)C4)cc3)(c3ccc(C4=Nc5c(c6cccnc6c6cccnc56)C4)cc3)c3ccc(C4=Nc5c(c6cccnc6c6cccnc56)C4)cc3)cc2)C1. The molecule has 93 heavy (non-hydrogen) atoms. The summed E-state index contributed by atoms with van der Waals surface area (Å²) < 4.78 is 0. The number of pyridine rings is 8. The maximum absolute atomic E-state index is 5.42. The van der Waals surface area contributed by atoms with Crippen molar-refractivity contribution in [3.05, 3.63) is 310 Å². The molecule has 0 saturated heterocycles. The molecule has 12 nitrogen and oxygen atoms in total. The second kappa shape index (κ2) is 19.9. The van der Waals surface area contributed by atoms with Crippen LogP contribution in [-0.2, 0) is 31.1 Å². The third-order valence-corrected chi connectivity index (χ3v) is 19.8. The fraction of sp³-hybridized carbons (Fsp3) is 0.0617. The third-order valence-electron chi connectivity index (χ3n) is 19.8. The van der Waals surface area contributed by atoms with E-state index in [9.17, 15) is 0 Å². The number of nitrogens with zero attached hydrogens (tertiary/aromatic N) is 12. The van der Waals surface area contributed by atoms with Gasteiger partial charge < -0.3 is 0 Å². The largest absolute Gasteiger partial charge is 0.256 e. The van der Waals surface area contributed by atoms with Crippen LogP contribution in [0.4, 0.5) is 22.7 Å². The van der Waals surface area contributed by atoms with Crippen LogP contribution in [0.15, 0.2) is 264 Å². The van der Waals surface area contributed by atoms with E-state index in [0.717, 1.165) is 200 Å². The molecule has 432 valence electrons. The zero-order chi connectivity index (χ0) is 60.9. The molecule has 0 amide bonds. The van der Waals surface area contributed by atoms with Crippen molar-refractivity contribution in [2.45, 2.75) is 31.1 Å². The minimum Gasteiger partial charge on any atom is -0.256 e. The lowest BCUT2D eigenvalue weighted by Gasteiger charge is -2.37. The zero-order valence-electron chi connectivity index (χ0n) is 49.8. The molecule has 0 radical (unpaired) electrons. The van der Waals surface area contributed by atoms with Gasteiger partial charge in [0.1, 0.15) is 0 Å². The van der Waals surface area contributed by atoms with Gasteiger partial charge in [-0.1, -0.05) is 121 Å². The van der Waals surface area contributed by atoms with Crippen molar-refractivity contribution in [2.24, 2.45) is 20.0 Å². The summed E-state index contributed by atoms with van der Waals surface area (Å²) in [5, 5.41) is 8.42. The Labute approximate surface area is 531 Å². The summed E-state index contributed by atoms with van der Waals surface area (Å²) in [4.78, 5) is 60.7.